The van der Waals surface area contributed by atoms with Gasteiger partial charge in [-0.05, 0) is 44.0 Å². The van der Waals surface area contributed by atoms with E-state index < -0.39 is 0 Å². The van der Waals surface area contributed by atoms with E-state index >= 15 is 0 Å². The summed E-state index contributed by atoms with van der Waals surface area (Å²) < 4.78 is 2.14. The number of anilines is 1. The number of benzene rings is 1. The van der Waals surface area contributed by atoms with E-state index in [-0.39, 0.29) is 0 Å². The Hall–Kier alpha value is -3.54. The van der Waals surface area contributed by atoms with Crippen LogP contribution >= 0.6 is 0 Å². The van der Waals surface area contributed by atoms with Crippen molar-refractivity contribution >= 4 is 5.82 Å². The number of nitrogens with zero attached hydrogens (tertiary/aromatic N) is 5. The van der Waals surface area contributed by atoms with Crippen LogP contribution in [0.5, 0.6) is 0 Å². The van der Waals surface area contributed by atoms with Crippen LogP contribution < -0.4 is 5.32 Å². The van der Waals surface area contributed by atoms with Crippen molar-refractivity contribution in [3.05, 3.63) is 89.4 Å². The number of aryl methyl sites for hydroxylation is 2. The predicted octanol–water partition coefficient (Wildman–Crippen LogP) is 4.32. The molecule has 6 heteroatoms. The lowest BCUT2D eigenvalue weighted by Gasteiger charge is -2.13. The van der Waals surface area contributed by atoms with Crippen molar-refractivity contribution in [2.45, 2.75) is 33.9 Å². The molecule has 29 heavy (non-hydrogen) atoms. The van der Waals surface area contributed by atoms with Crippen LogP contribution in [0.3, 0.4) is 0 Å². The molecule has 0 saturated heterocycles. The van der Waals surface area contributed by atoms with E-state index in [0.29, 0.717) is 12.4 Å². The highest BCUT2D eigenvalue weighted by Crippen LogP contribution is 2.21. The first-order valence-electron chi connectivity index (χ1n) is 9.65. The first-order valence-corrected chi connectivity index (χ1v) is 9.65. The average Bonchev–Trinajstić information content (AvgIpc) is 3.14. The summed E-state index contributed by atoms with van der Waals surface area (Å²) in [5, 5.41) is 3.49. The maximum atomic E-state index is 4.74. The van der Waals surface area contributed by atoms with Crippen molar-refractivity contribution in [2.24, 2.45) is 0 Å². The summed E-state index contributed by atoms with van der Waals surface area (Å²) in [5.74, 6) is 2.56. The zero-order valence-corrected chi connectivity index (χ0v) is 16.9. The van der Waals surface area contributed by atoms with Crippen LogP contribution in [0.25, 0.3) is 11.4 Å². The summed E-state index contributed by atoms with van der Waals surface area (Å²) >= 11 is 0. The van der Waals surface area contributed by atoms with Gasteiger partial charge >= 0.3 is 0 Å². The molecular formula is C23H24N6. The Morgan fingerprint density at radius 1 is 0.966 bits per heavy atom. The number of aromatic nitrogens is 5. The Kier molecular flexibility index (Phi) is 5.33. The van der Waals surface area contributed by atoms with E-state index in [4.69, 9.17) is 4.98 Å². The fourth-order valence-electron chi connectivity index (χ4n) is 3.22. The molecule has 0 saturated carbocycles. The van der Waals surface area contributed by atoms with Gasteiger partial charge < -0.3 is 9.88 Å². The van der Waals surface area contributed by atoms with E-state index in [9.17, 15) is 0 Å². The summed E-state index contributed by atoms with van der Waals surface area (Å²) in [5.41, 5.74) is 5.39. The number of rotatable bonds is 6. The van der Waals surface area contributed by atoms with Crippen LogP contribution in [0.4, 0.5) is 5.82 Å². The van der Waals surface area contributed by atoms with Gasteiger partial charge in [0.2, 0.25) is 0 Å². The summed E-state index contributed by atoms with van der Waals surface area (Å²) in [7, 11) is 0. The number of hydrogen-bond acceptors (Lipinski definition) is 5. The van der Waals surface area contributed by atoms with Gasteiger partial charge in [-0.15, -0.1) is 0 Å². The van der Waals surface area contributed by atoms with Crippen molar-refractivity contribution in [1.82, 2.24) is 24.5 Å². The van der Waals surface area contributed by atoms with E-state index in [1.54, 1.807) is 12.4 Å². The lowest BCUT2D eigenvalue weighted by atomic mass is 10.1. The number of nitrogens with one attached hydrogen (secondary N) is 1. The molecule has 1 N–H and O–H groups in total. The van der Waals surface area contributed by atoms with Gasteiger partial charge in [0, 0.05) is 54.7 Å². The molecule has 0 atom stereocenters. The Morgan fingerprint density at radius 3 is 2.59 bits per heavy atom. The average molecular weight is 384 g/mol. The van der Waals surface area contributed by atoms with Crippen LogP contribution in [0, 0.1) is 20.8 Å². The summed E-state index contributed by atoms with van der Waals surface area (Å²) in [6.45, 7) is 7.58. The SMILES string of the molecule is Cc1nc(-c2cccnc2)nc(NCc2cccc(Cn3ccnc3C)c2)c1C. The molecular weight excluding hydrogens is 360 g/mol. The lowest BCUT2D eigenvalue weighted by molar-refractivity contribution is 0.760. The zero-order chi connectivity index (χ0) is 20.2. The third-order valence-corrected chi connectivity index (χ3v) is 5.04. The van der Waals surface area contributed by atoms with E-state index in [0.717, 1.165) is 35.0 Å². The highest BCUT2D eigenvalue weighted by molar-refractivity contribution is 5.58. The minimum absolute atomic E-state index is 0.688. The second-order valence-corrected chi connectivity index (χ2v) is 7.12. The fraction of sp³-hybridized carbons (Fsp3) is 0.217. The fourth-order valence-corrected chi connectivity index (χ4v) is 3.22. The van der Waals surface area contributed by atoms with Crippen LogP contribution in [-0.4, -0.2) is 24.5 Å². The highest BCUT2D eigenvalue weighted by Gasteiger charge is 2.10. The first kappa shape index (κ1) is 18.8. The van der Waals surface area contributed by atoms with Crippen LogP contribution in [0.1, 0.15) is 28.2 Å². The molecule has 6 nitrogen and oxygen atoms in total. The lowest BCUT2D eigenvalue weighted by Crippen LogP contribution is -2.08. The summed E-state index contributed by atoms with van der Waals surface area (Å²) in [6, 6.07) is 12.5. The number of imidazole rings is 1. The van der Waals surface area contributed by atoms with Crippen molar-refractivity contribution in [3.8, 4) is 11.4 Å². The molecule has 0 aliphatic rings. The smallest absolute Gasteiger partial charge is 0.163 e. The van der Waals surface area contributed by atoms with Gasteiger partial charge in [0.25, 0.3) is 0 Å². The first-order chi connectivity index (χ1) is 14.1. The zero-order valence-electron chi connectivity index (χ0n) is 16.9. The third-order valence-electron chi connectivity index (χ3n) is 5.04. The van der Waals surface area contributed by atoms with Gasteiger partial charge in [-0.3, -0.25) is 4.98 Å². The second-order valence-electron chi connectivity index (χ2n) is 7.12. The predicted molar refractivity (Wildman–Crippen MR) is 115 cm³/mol. The molecule has 0 spiro atoms. The minimum atomic E-state index is 0.688. The van der Waals surface area contributed by atoms with Crippen LogP contribution in [0.2, 0.25) is 0 Å². The molecule has 4 aromatic rings. The summed E-state index contributed by atoms with van der Waals surface area (Å²) in [4.78, 5) is 17.8. The molecule has 0 bridgehead atoms. The molecule has 146 valence electrons. The van der Waals surface area contributed by atoms with Gasteiger partial charge in [0.05, 0.1) is 0 Å². The Labute approximate surface area is 170 Å². The number of hydrogen-bond donors (Lipinski definition) is 1. The maximum absolute atomic E-state index is 4.74. The Balaban J connectivity index is 1.52. The topological polar surface area (TPSA) is 68.5 Å². The van der Waals surface area contributed by atoms with Gasteiger partial charge in [0.15, 0.2) is 5.82 Å². The molecule has 0 unspecified atom stereocenters. The quantitative estimate of drug-likeness (QED) is 0.536. The van der Waals surface area contributed by atoms with E-state index in [1.807, 2.05) is 45.3 Å². The van der Waals surface area contributed by atoms with E-state index in [2.05, 4.69) is 49.1 Å². The number of pyridine rings is 1. The molecule has 0 aliphatic heterocycles. The van der Waals surface area contributed by atoms with Gasteiger partial charge in [-0.2, -0.15) is 0 Å². The van der Waals surface area contributed by atoms with Gasteiger partial charge in [0.1, 0.15) is 11.6 Å². The minimum Gasteiger partial charge on any atom is -0.366 e. The van der Waals surface area contributed by atoms with Gasteiger partial charge in [-0.25, -0.2) is 15.0 Å². The van der Waals surface area contributed by atoms with Crippen molar-refractivity contribution in [2.75, 3.05) is 5.32 Å². The van der Waals surface area contributed by atoms with Crippen molar-refractivity contribution in [3.63, 3.8) is 0 Å². The second kappa shape index (κ2) is 8.22. The molecule has 3 aromatic heterocycles. The van der Waals surface area contributed by atoms with E-state index in [1.165, 1.54) is 11.1 Å². The maximum Gasteiger partial charge on any atom is 0.163 e. The van der Waals surface area contributed by atoms with Crippen LogP contribution in [-0.2, 0) is 13.1 Å². The summed E-state index contributed by atoms with van der Waals surface area (Å²) in [6.07, 6.45) is 7.38. The van der Waals surface area contributed by atoms with Crippen molar-refractivity contribution < 1.29 is 0 Å². The molecule has 0 fully saturated rings. The largest absolute Gasteiger partial charge is 0.366 e. The third kappa shape index (κ3) is 4.32. The molecule has 1 aromatic carbocycles. The molecule has 0 radical (unpaired) electrons. The van der Waals surface area contributed by atoms with Crippen molar-refractivity contribution in [1.29, 1.82) is 0 Å². The molecule has 4 rings (SSSR count). The monoisotopic (exact) mass is 384 g/mol. The normalized spacial score (nSPS) is 10.9. The molecule has 0 amide bonds. The highest BCUT2D eigenvalue weighted by atomic mass is 15.1. The van der Waals surface area contributed by atoms with Crippen LogP contribution in [0.15, 0.2) is 61.2 Å². The Morgan fingerprint density at radius 2 is 1.83 bits per heavy atom. The molecule has 3 heterocycles. The van der Waals surface area contributed by atoms with Gasteiger partial charge in [-0.1, -0.05) is 24.3 Å². The molecule has 0 aliphatic carbocycles. The standard InChI is InChI=1S/C23H24N6/c1-16-17(2)27-23(21-8-5-9-24-14-21)28-22(16)26-13-19-6-4-7-20(12-19)15-29-11-10-25-18(29)3/h4-12,14H,13,15H2,1-3H3,(H,26,27,28). The Bertz CT molecular complexity index is 1120.